The van der Waals surface area contributed by atoms with E-state index in [4.69, 9.17) is 4.74 Å². The molecule has 1 amide bonds. The Morgan fingerprint density at radius 1 is 1.08 bits per heavy atom. The van der Waals surface area contributed by atoms with E-state index < -0.39 is 10.0 Å². The molecule has 140 valence electrons. The molecule has 0 saturated carbocycles. The van der Waals surface area contributed by atoms with Gasteiger partial charge in [0.2, 0.25) is 10.0 Å². The molecule has 0 fully saturated rings. The number of carbonyl (C=O) groups is 1. The van der Waals surface area contributed by atoms with Gasteiger partial charge in [-0.15, -0.1) is 0 Å². The van der Waals surface area contributed by atoms with Crippen LogP contribution in [0.15, 0.2) is 53.4 Å². The number of benzene rings is 2. The zero-order valence-corrected chi connectivity index (χ0v) is 15.8. The molecule has 6 nitrogen and oxygen atoms in total. The molecule has 0 bridgehead atoms. The van der Waals surface area contributed by atoms with Gasteiger partial charge in [-0.05, 0) is 48.7 Å². The summed E-state index contributed by atoms with van der Waals surface area (Å²) in [5, 5.41) is 2.84. The second kappa shape index (κ2) is 9.47. The Morgan fingerprint density at radius 2 is 1.77 bits per heavy atom. The van der Waals surface area contributed by atoms with Gasteiger partial charge < -0.3 is 10.1 Å². The first kappa shape index (κ1) is 20.1. The quantitative estimate of drug-likeness (QED) is 0.658. The molecule has 0 heterocycles. The fraction of sp³-hybridized carbons (Fsp3) is 0.316. The van der Waals surface area contributed by atoms with Crippen LogP contribution in [0.4, 0.5) is 0 Å². The summed E-state index contributed by atoms with van der Waals surface area (Å²) in [5.41, 5.74) is 2.56. The van der Waals surface area contributed by atoms with E-state index in [1.807, 2.05) is 31.2 Å². The predicted molar refractivity (Wildman–Crippen MR) is 100 cm³/mol. The Bertz CT molecular complexity index is 833. The standard InChI is InChI=1S/C19H24N2O4S/c1-15-6-3-4-7-17(15)14-20-19(22)16-8-10-18(11-9-16)26(23,24)21-12-5-13-25-2/h3-4,6-11,21H,5,12-14H2,1-2H3,(H,20,22). The Kier molecular flexibility index (Phi) is 7.32. The number of aryl methyl sites for hydroxylation is 1. The number of nitrogens with one attached hydrogen (secondary N) is 2. The highest BCUT2D eigenvalue weighted by molar-refractivity contribution is 7.89. The Labute approximate surface area is 154 Å². The second-order valence-electron chi connectivity index (χ2n) is 5.88. The van der Waals surface area contributed by atoms with Crippen molar-refractivity contribution in [2.24, 2.45) is 0 Å². The molecule has 0 spiro atoms. The summed E-state index contributed by atoms with van der Waals surface area (Å²) in [7, 11) is -2.01. The van der Waals surface area contributed by atoms with E-state index in [0.29, 0.717) is 31.7 Å². The summed E-state index contributed by atoms with van der Waals surface area (Å²) in [4.78, 5) is 12.4. The smallest absolute Gasteiger partial charge is 0.251 e. The number of sulfonamides is 1. The van der Waals surface area contributed by atoms with Gasteiger partial charge in [-0.2, -0.15) is 0 Å². The number of ether oxygens (including phenoxy) is 1. The van der Waals surface area contributed by atoms with Gasteiger partial charge in [0.25, 0.3) is 5.91 Å². The van der Waals surface area contributed by atoms with Gasteiger partial charge in [-0.25, -0.2) is 13.1 Å². The molecule has 2 N–H and O–H groups in total. The van der Waals surface area contributed by atoms with Crippen molar-refractivity contribution < 1.29 is 17.9 Å². The van der Waals surface area contributed by atoms with Crippen LogP contribution < -0.4 is 10.0 Å². The van der Waals surface area contributed by atoms with E-state index in [1.54, 1.807) is 7.11 Å². The van der Waals surface area contributed by atoms with Crippen molar-refractivity contribution in [2.75, 3.05) is 20.3 Å². The fourth-order valence-corrected chi connectivity index (χ4v) is 3.45. The SMILES string of the molecule is COCCCNS(=O)(=O)c1ccc(C(=O)NCc2ccccc2C)cc1. The molecule has 0 aliphatic heterocycles. The molecular weight excluding hydrogens is 352 g/mol. The number of methoxy groups -OCH3 is 1. The molecule has 0 radical (unpaired) electrons. The topological polar surface area (TPSA) is 84.5 Å². The van der Waals surface area contributed by atoms with E-state index >= 15 is 0 Å². The van der Waals surface area contributed by atoms with Crippen LogP contribution in [-0.4, -0.2) is 34.6 Å². The third-order valence-electron chi connectivity index (χ3n) is 3.94. The number of amides is 1. The number of rotatable bonds is 9. The van der Waals surface area contributed by atoms with E-state index in [-0.39, 0.29) is 10.8 Å². The van der Waals surface area contributed by atoms with Crippen molar-refractivity contribution in [2.45, 2.75) is 24.8 Å². The average Bonchev–Trinajstić information content (AvgIpc) is 2.64. The molecule has 0 aliphatic rings. The summed E-state index contributed by atoms with van der Waals surface area (Å²) in [5.74, 6) is -0.245. The molecular formula is C19H24N2O4S. The largest absolute Gasteiger partial charge is 0.385 e. The minimum atomic E-state index is -3.58. The van der Waals surface area contributed by atoms with Gasteiger partial charge in [0.15, 0.2) is 0 Å². The highest BCUT2D eigenvalue weighted by atomic mass is 32.2. The van der Waals surface area contributed by atoms with E-state index in [9.17, 15) is 13.2 Å². The maximum atomic E-state index is 12.2. The fourth-order valence-electron chi connectivity index (χ4n) is 2.38. The highest BCUT2D eigenvalue weighted by Crippen LogP contribution is 2.11. The van der Waals surface area contributed by atoms with Gasteiger partial charge in [-0.1, -0.05) is 24.3 Å². The Balaban J connectivity index is 1.95. The lowest BCUT2D eigenvalue weighted by molar-refractivity contribution is 0.0950. The van der Waals surface area contributed by atoms with Crippen LogP contribution in [0, 0.1) is 6.92 Å². The van der Waals surface area contributed by atoms with Gasteiger partial charge >= 0.3 is 0 Å². The molecule has 0 unspecified atom stereocenters. The summed E-state index contributed by atoms with van der Waals surface area (Å²) < 4.78 is 31.7. The highest BCUT2D eigenvalue weighted by Gasteiger charge is 2.14. The van der Waals surface area contributed by atoms with E-state index in [0.717, 1.165) is 11.1 Å². The molecule has 2 aromatic rings. The molecule has 0 aliphatic carbocycles. The van der Waals surface area contributed by atoms with Crippen LogP contribution in [0.1, 0.15) is 27.9 Å². The molecule has 7 heteroatoms. The molecule has 0 saturated heterocycles. The number of hydrogen-bond acceptors (Lipinski definition) is 4. The molecule has 2 aromatic carbocycles. The van der Waals surface area contributed by atoms with Crippen LogP contribution in [0.5, 0.6) is 0 Å². The molecule has 0 atom stereocenters. The maximum absolute atomic E-state index is 12.2. The van der Waals surface area contributed by atoms with Crippen LogP contribution >= 0.6 is 0 Å². The molecule has 26 heavy (non-hydrogen) atoms. The summed E-state index contributed by atoms with van der Waals surface area (Å²) in [6.07, 6.45) is 0.592. The minimum Gasteiger partial charge on any atom is -0.385 e. The first-order chi connectivity index (χ1) is 12.4. The number of carbonyl (C=O) groups excluding carboxylic acids is 1. The van der Waals surface area contributed by atoms with Gasteiger partial charge in [0.1, 0.15) is 0 Å². The first-order valence-electron chi connectivity index (χ1n) is 8.35. The Hall–Kier alpha value is -2.22. The van der Waals surface area contributed by atoms with Crippen LogP contribution in [0.25, 0.3) is 0 Å². The lowest BCUT2D eigenvalue weighted by Crippen LogP contribution is -2.26. The second-order valence-corrected chi connectivity index (χ2v) is 7.64. The monoisotopic (exact) mass is 376 g/mol. The van der Waals surface area contributed by atoms with Crippen LogP contribution in [-0.2, 0) is 21.3 Å². The van der Waals surface area contributed by atoms with Crippen molar-refractivity contribution in [1.29, 1.82) is 0 Å². The number of hydrogen-bond donors (Lipinski definition) is 2. The third kappa shape index (κ3) is 5.66. The van der Waals surface area contributed by atoms with Crippen molar-refractivity contribution in [3.05, 3.63) is 65.2 Å². The van der Waals surface area contributed by atoms with Crippen molar-refractivity contribution in [3.63, 3.8) is 0 Å². The van der Waals surface area contributed by atoms with Crippen LogP contribution in [0.3, 0.4) is 0 Å². The Morgan fingerprint density at radius 3 is 2.42 bits per heavy atom. The average molecular weight is 376 g/mol. The molecule has 0 aromatic heterocycles. The zero-order valence-electron chi connectivity index (χ0n) is 15.0. The third-order valence-corrected chi connectivity index (χ3v) is 5.42. The van der Waals surface area contributed by atoms with Crippen molar-refractivity contribution in [1.82, 2.24) is 10.0 Å². The predicted octanol–water partition coefficient (Wildman–Crippen LogP) is 2.24. The van der Waals surface area contributed by atoms with Crippen molar-refractivity contribution in [3.8, 4) is 0 Å². The minimum absolute atomic E-state index is 0.130. The van der Waals surface area contributed by atoms with E-state index in [2.05, 4.69) is 10.0 Å². The summed E-state index contributed by atoms with van der Waals surface area (Å²) in [6, 6.07) is 13.7. The lowest BCUT2D eigenvalue weighted by Gasteiger charge is -2.09. The maximum Gasteiger partial charge on any atom is 0.251 e. The lowest BCUT2D eigenvalue weighted by atomic mass is 10.1. The first-order valence-corrected chi connectivity index (χ1v) is 9.84. The zero-order chi connectivity index (χ0) is 19.0. The van der Waals surface area contributed by atoms with Crippen molar-refractivity contribution >= 4 is 15.9 Å². The van der Waals surface area contributed by atoms with Gasteiger partial charge in [-0.3, -0.25) is 4.79 Å². The summed E-state index contributed by atoms with van der Waals surface area (Å²) in [6.45, 7) is 3.20. The van der Waals surface area contributed by atoms with Crippen LogP contribution in [0.2, 0.25) is 0 Å². The summed E-state index contributed by atoms with van der Waals surface area (Å²) >= 11 is 0. The van der Waals surface area contributed by atoms with E-state index in [1.165, 1.54) is 24.3 Å². The normalized spacial score (nSPS) is 11.3. The van der Waals surface area contributed by atoms with Gasteiger partial charge in [0.05, 0.1) is 4.90 Å². The van der Waals surface area contributed by atoms with Gasteiger partial charge in [0, 0.05) is 32.4 Å². The molecule has 2 rings (SSSR count).